The molecule has 11 nitrogen and oxygen atoms in total. The van der Waals surface area contributed by atoms with E-state index in [9.17, 15) is 31.3 Å². The van der Waals surface area contributed by atoms with Crippen LogP contribution in [-0.4, -0.2) is 43.6 Å². The number of nitrogens with zero attached hydrogens (tertiary/aromatic N) is 2. The first-order chi connectivity index (χ1) is 17.9. The van der Waals surface area contributed by atoms with Crippen LogP contribution in [0.3, 0.4) is 0 Å². The number of azo groups is 1. The van der Waals surface area contributed by atoms with Gasteiger partial charge in [0.15, 0.2) is 0 Å². The van der Waals surface area contributed by atoms with Crippen molar-refractivity contribution < 1.29 is 40.6 Å². The van der Waals surface area contributed by atoms with E-state index in [4.69, 9.17) is 9.29 Å². The highest BCUT2D eigenvalue weighted by Gasteiger charge is 2.23. The highest BCUT2D eigenvalue weighted by atomic mass is 32.2. The van der Waals surface area contributed by atoms with E-state index in [-0.39, 0.29) is 22.9 Å². The maximum Gasteiger partial charge on any atom is 0.338 e. The molecule has 4 rings (SSSR count). The molecule has 38 heavy (non-hydrogen) atoms. The molecular weight excluding hydrogens is 536 g/mol. The number of ether oxygens (including phenoxy) is 1. The minimum absolute atomic E-state index is 0.0414. The first-order valence-electron chi connectivity index (χ1n) is 10.8. The van der Waals surface area contributed by atoms with Crippen LogP contribution in [0, 0.1) is 0 Å². The van der Waals surface area contributed by atoms with Crippen LogP contribution in [0.15, 0.2) is 105 Å². The summed E-state index contributed by atoms with van der Waals surface area (Å²) in [4.78, 5) is 10.6. The molecule has 0 aliphatic carbocycles. The molecule has 0 radical (unpaired) electrons. The predicted molar refractivity (Wildman–Crippen MR) is 138 cm³/mol. The molecule has 0 amide bonds. The fourth-order valence-corrected chi connectivity index (χ4v) is 4.29. The highest BCUT2D eigenvalue weighted by molar-refractivity contribution is 7.86. The number of carbonyl (C=O) groups is 1. The molecule has 13 heteroatoms. The first-order valence-corrected chi connectivity index (χ1v) is 13.7. The van der Waals surface area contributed by atoms with Gasteiger partial charge in [-0.1, -0.05) is 36.4 Å². The standard InChI is InChI=1S/C13H12O9S2.C12H10N2/c1-2-22-13(15)10-5-8(23(16,17)18)3-7-4-9(24(19,20)21)6-11(14)12(7)10;1-3-7-11(8-4-1)13-14-12-9-5-2-6-10-12/h3-6,14H,2H2,1H3,(H,16,17,18)(H,19,20,21);1-10H. The number of phenolic OH excluding ortho intramolecular Hbond substituents is 1. The van der Waals surface area contributed by atoms with Crippen molar-refractivity contribution in [2.75, 3.05) is 6.61 Å². The minimum Gasteiger partial charge on any atom is -0.507 e. The number of aromatic hydroxyl groups is 1. The lowest BCUT2D eigenvalue weighted by Crippen LogP contribution is -2.08. The second-order valence-corrected chi connectivity index (χ2v) is 10.4. The zero-order valence-corrected chi connectivity index (χ0v) is 21.4. The molecule has 0 saturated heterocycles. The second-order valence-electron chi connectivity index (χ2n) is 7.55. The largest absolute Gasteiger partial charge is 0.507 e. The number of benzene rings is 4. The first kappa shape index (κ1) is 28.4. The molecule has 0 aliphatic heterocycles. The van der Waals surface area contributed by atoms with Crippen LogP contribution in [0.25, 0.3) is 10.8 Å². The monoisotopic (exact) mass is 558 g/mol. The third-order valence-electron chi connectivity index (χ3n) is 4.86. The SMILES string of the molecule is CCOC(=O)c1cc(S(=O)(=O)O)cc2cc(S(=O)(=O)O)cc(O)c12.c1ccc(N=Nc2ccccc2)cc1. The Bertz CT molecular complexity index is 1640. The number of hydrogen-bond donors (Lipinski definition) is 3. The van der Waals surface area contributed by atoms with E-state index in [0.717, 1.165) is 29.6 Å². The second kappa shape index (κ2) is 11.9. The Morgan fingerprint density at radius 1 is 0.763 bits per heavy atom. The summed E-state index contributed by atoms with van der Waals surface area (Å²) in [6.07, 6.45) is 0. The molecule has 0 heterocycles. The molecule has 0 spiro atoms. The fraction of sp³-hybridized carbons (Fsp3) is 0.0800. The summed E-state index contributed by atoms with van der Waals surface area (Å²) in [6.45, 7) is 1.46. The van der Waals surface area contributed by atoms with Crippen molar-refractivity contribution in [3.8, 4) is 5.75 Å². The molecule has 4 aromatic carbocycles. The van der Waals surface area contributed by atoms with Gasteiger partial charge in [0.2, 0.25) is 0 Å². The zero-order chi connectivity index (χ0) is 27.9. The number of hydrogen-bond acceptors (Lipinski definition) is 9. The van der Waals surface area contributed by atoms with Gasteiger partial charge in [-0.25, -0.2) is 4.79 Å². The van der Waals surface area contributed by atoms with Crippen LogP contribution in [0.5, 0.6) is 5.75 Å². The van der Waals surface area contributed by atoms with Crippen LogP contribution in [0.4, 0.5) is 11.4 Å². The molecule has 0 atom stereocenters. The predicted octanol–water partition coefficient (Wildman–Crippen LogP) is 5.32. The lowest BCUT2D eigenvalue weighted by molar-refractivity contribution is 0.0528. The van der Waals surface area contributed by atoms with Crippen molar-refractivity contribution in [1.29, 1.82) is 0 Å². The van der Waals surface area contributed by atoms with Crippen molar-refractivity contribution in [2.45, 2.75) is 16.7 Å². The molecule has 0 saturated carbocycles. The van der Waals surface area contributed by atoms with Gasteiger partial charge < -0.3 is 9.84 Å². The Balaban J connectivity index is 0.000000241. The maximum atomic E-state index is 12.0. The number of esters is 1. The zero-order valence-electron chi connectivity index (χ0n) is 19.8. The fourth-order valence-electron chi connectivity index (χ4n) is 3.21. The van der Waals surface area contributed by atoms with Gasteiger partial charge in [-0.2, -0.15) is 27.1 Å². The van der Waals surface area contributed by atoms with E-state index in [0.29, 0.717) is 6.07 Å². The molecule has 3 N–H and O–H groups in total. The third-order valence-corrected chi connectivity index (χ3v) is 6.52. The number of fused-ring (bicyclic) bond motifs is 1. The van der Waals surface area contributed by atoms with Gasteiger partial charge >= 0.3 is 5.97 Å². The Morgan fingerprint density at radius 3 is 1.63 bits per heavy atom. The maximum absolute atomic E-state index is 12.0. The van der Waals surface area contributed by atoms with E-state index in [2.05, 4.69) is 10.2 Å². The quantitative estimate of drug-likeness (QED) is 0.160. The normalized spacial score (nSPS) is 11.7. The van der Waals surface area contributed by atoms with Crippen LogP contribution in [0.1, 0.15) is 17.3 Å². The lowest BCUT2D eigenvalue weighted by atomic mass is 10.0. The van der Waals surface area contributed by atoms with E-state index in [1.807, 2.05) is 60.7 Å². The molecule has 0 aromatic heterocycles. The van der Waals surface area contributed by atoms with E-state index in [1.165, 1.54) is 6.92 Å². The molecule has 198 valence electrons. The van der Waals surface area contributed by atoms with E-state index in [1.54, 1.807) is 0 Å². The van der Waals surface area contributed by atoms with E-state index < -0.39 is 41.7 Å². The van der Waals surface area contributed by atoms with Gasteiger partial charge in [-0.05, 0) is 54.8 Å². The number of rotatable bonds is 6. The summed E-state index contributed by atoms with van der Waals surface area (Å²) in [5, 5.41) is 17.8. The van der Waals surface area contributed by atoms with Gasteiger partial charge in [0.1, 0.15) is 5.75 Å². The van der Waals surface area contributed by atoms with Crippen molar-refractivity contribution >= 4 is 48.4 Å². The third kappa shape index (κ3) is 7.43. The summed E-state index contributed by atoms with van der Waals surface area (Å²) >= 11 is 0. The van der Waals surface area contributed by atoms with Gasteiger partial charge in [0.25, 0.3) is 20.2 Å². The molecular formula is C25H22N2O9S2. The number of phenols is 1. The lowest BCUT2D eigenvalue weighted by Gasteiger charge is -2.11. The highest BCUT2D eigenvalue weighted by Crippen LogP contribution is 2.34. The van der Waals surface area contributed by atoms with Gasteiger partial charge in [0.05, 0.1) is 33.3 Å². The van der Waals surface area contributed by atoms with Crippen LogP contribution < -0.4 is 0 Å². The summed E-state index contributed by atoms with van der Waals surface area (Å²) in [5.41, 5.74) is 1.36. The Labute approximate surface area is 218 Å². The van der Waals surface area contributed by atoms with Crippen LogP contribution in [0.2, 0.25) is 0 Å². The van der Waals surface area contributed by atoms with Crippen LogP contribution in [-0.2, 0) is 25.0 Å². The smallest absolute Gasteiger partial charge is 0.338 e. The number of carbonyl (C=O) groups excluding carboxylic acids is 1. The topological polar surface area (TPSA) is 180 Å². The minimum atomic E-state index is -4.73. The summed E-state index contributed by atoms with van der Waals surface area (Å²) < 4.78 is 68.1. The summed E-state index contributed by atoms with van der Waals surface area (Å²) in [7, 11) is -9.42. The van der Waals surface area contributed by atoms with E-state index >= 15 is 0 Å². The summed E-state index contributed by atoms with van der Waals surface area (Å²) in [5.74, 6) is -1.67. The van der Waals surface area contributed by atoms with Crippen molar-refractivity contribution in [3.63, 3.8) is 0 Å². The van der Waals surface area contributed by atoms with Gasteiger partial charge in [0, 0.05) is 11.5 Å². The average Bonchev–Trinajstić information content (AvgIpc) is 2.87. The molecule has 4 aromatic rings. The van der Waals surface area contributed by atoms with Crippen molar-refractivity contribution in [1.82, 2.24) is 0 Å². The van der Waals surface area contributed by atoms with Crippen molar-refractivity contribution in [2.24, 2.45) is 10.2 Å². The van der Waals surface area contributed by atoms with Gasteiger partial charge in [-0.15, -0.1) is 0 Å². The Hall–Kier alpha value is -4.17. The molecule has 0 fully saturated rings. The molecule has 0 unspecified atom stereocenters. The average molecular weight is 559 g/mol. The van der Waals surface area contributed by atoms with Crippen molar-refractivity contribution in [3.05, 3.63) is 90.5 Å². The Morgan fingerprint density at radius 2 is 1.21 bits per heavy atom. The molecule has 0 bridgehead atoms. The molecule has 0 aliphatic rings. The van der Waals surface area contributed by atoms with Crippen LogP contribution >= 0.6 is 0 Å². The van der Waals surface area contributed by atoms with Gasteiger partial charge in [-0.3, -0.25) is 9.11 Å². The Kier molecular flexibility index (Phi) is 8.91. The summed E-state index contributed by atoms with van der Waals surface area (Å²) in [6, 6.07) is 22.6.